The van der Waals surface area contributed by atoms with Gasteiger partial charge < -0.3 is 15.3 Å². The third kappa shape index (κ3) is 6.05. The molecular weight excluding hydrogens is 318 g/mol. The van der Waals surface area contributed by atoms with E-state index in [0.717, 1.165) is 19.5 Å². The molecule has 1 aliphatic heterocycles. The molecule has 1 aromatic rings. The Balaban J connectivity index is 1.84. The zero-order valence-electron chi connectivity index (χ0n) is 15.1. The maximum atomic E-state index is 12.2. The first-order chi connectivity index (χ1) is 12.0. The van der Waals surface area contributed by atoms with Gasteiger partial charge in [-0.3, -0.25) is 9.69 Å². The SMILES string of the molecule is CC(CN(C)C(=O)NCC1CCCCN1Cc1ccccc1)C(=O)O. The Kier molecular flexibility index (Phi) is 7.25. The van der Waals surface area contributed by atoms with Crippen molar-refractivity contribution < 1.29 is 14.7 Å². The second-order valence-corrected chi connectivity index (χ2v) is 6.91. The fourth-order valence-electron chi connectivity index (χ4n) is 3.23. The molecule has 0 saturated carbocycles. The normalized spacial score (nSPS) is 19.2. The Labute approximate surface area is 149 Å². The number of likely N-dealkylation sites (tertiary alicyclic amines) is 1. The van der Waals surface area contributed by atoms with Crippen molar-refractivity contribution in [2.75, 3.05) is 26.7 Å². The maximum Gasteiger partial charge on any atom is 0.317 e. The van der Waals surface area contributed by atoms with Gasteiger partial charge in [-0.05, 0) is 24.9 Å². The number of amides is 2. The summed E-state index contributed by atoms with van der Waals surface area (Å²) >= 11 is 0. The molecule has 138 valence electrons. The fraction of sp³-hybridized carbons (Fsp3) is 0.579. The molecule has 1 saturated heterocycles. The first kappa shape index (κ1) is 19.2. The summed E-state index contributed by atoms with van der Waals surface area (Å²) in [4.78, 5) is 27.0. The highest BCUT2D eigenvalue weighted by Gasteiger charge is 2.24. The Bertz CT molecular complexity index is 564. The van der Waals surface area contributed by atoms with Gasteiger partial charge in [0, 0.05) is 32.7 Å². The van der Waals surface area contributed by atoms with Crippen LogP contribution in [0.15, 0.2) is 30.3 Å². The molecule has 2 rings (SSSR count). The number of urea groups is 1. The molecule has 0 radical (unpaired) electrons. The van der Waals surface area contributed by atoms with E-state index in [9.17, 15) is 9.59 Å². The summed E-state index contributed by atoms with van der Waals surface area (Å²) in [6.07, 6.45) is 3.44. The van der Waals surface area contributed by atoms with Crippen molar-refractivity contribution in [3.8, 4) is 0 Å². The Morgan fingerprint density at radius 3 is 2.72 bits per heavy atom. The van der Waals surface area contributed by atoms with Crippen LogP contribution in [0.1, 0.15) is 31.7 Å². The Hall–Kier alpha value is -2.08. The van der Waals surface area contributed by atoms with E-state index in [-0.39, 0.29) is 12.6 Å². The third-order valence-electron chi connectivity index (χ3n) is 4.78. The number of carboxylic acids is 1. The van der Waals surface area contributed by atoms with Crippen molar-refractivity contribution in [1.82, 2.24) is 15.1 Å². The summed E-state index contributed by atoms with van der Waals surface area (Å²) in [5.41, 5.74) is 1.29. The number of nitrogens with one attached hydrogen (secondary N) is 1. The molecule has 6 heteroatoms. The first-order valence-corrected chi connectivity index (χ1v) is 8.97. The van der Waals surface area contributed by atoms with Crippen LogP contribution in [-0.4, -0.2) is 59.6 Å². The van der Waals surface area contributed by atoms with Crippen LogP contribution in [0.25, 0.3) is 0 Å². The van der Waals surface area contributed by atoms with Crippen molar-refractivity contribution in [2.45, 2.75) is 38.8 Å². The van der Waals surface area contributed by atoms with Crippen molar-refractivity contribution in [2.24, 2.45) is 5.92 Å². The van der Waals surface area contributed by atoms with Crippen molar-refractivity contribution in [3.63, 3.8) is 0 Å². The first-order valence-electron chi connectivity index (χ1n) is 8.97. The summed E-state index contributed by atoms with van der Waals surface area (Å²) in [7, 11) is 1.64. The Morgan fingerprint density at radius 1 is 1.32 bits per heavy atom. The van der Waals surface area contributed by atoms with E-state index >= 15 is 0 Å². The summed E-state index contributed by atoms with van der Waals surface area (Å²) in [6, 6.07) is 10.5. The van der Waals surface area contributed by atoms with Gasteiger partial charge in [0.25, 0.3) is 0 Å². The largest absolute Gasteiger partial charge is 0.481 e. The van der Waals surface area contributed by atoms with E-state index in [1.54, 1.807) is 14.0 Å². The average Bonchev–Trinajstić information content (AvgIpc) is 2.61. The van der Waals surface area contributed by atoms with Gasteiger partial charge in [0.15, 0.2) is 0 Å². The molecule has 1 aliphatic rings. The lowest BCUT2D eigenvalue weighted by atomic mass is 10.0. The third-order valence-corrected chi connectivity index (χ3v) is 4.78. The molecule has 6 nitrogen and oxygen atoms in total. The number of aliphatic carboxylic acids is 1. The molecule has 1 fully saturated rings. The topological polar surface area (TPSA) is 72.9 Å². The van der Waals surface area contributed by atoms with Gasteiger partial charge in [-0.1, -0.05) is 43.7 Å². The van der Waals surface area contributed by atoms with Crippen LogP contribution in [0.4, 0.5) is 4.79 Å². The highest BCUT2D eigenvalue weighted by Crippen LogP contribution is 2.19. The van der Waals surface area contributed by atoms with Crippen LogP contribution < -0.4 is 5.32 Å². The lowest BCUT2D eigenvalue weighted by molar-refractivity contribution is -0.141. The highest BCUT2D eigenvalue weighted by atomic mass is 16.4. The van der Waals surface area contributed by atoms with Crippen molar-refractivity contribution >= 4 is 12.0 Å². The minimum Gasteiger partial charge on any atom is -0.481 e. The number of carbonyl (C=O) groups is 2. The van der Waals surface area contributed by atoms with Gasteiger partial charge in [0.1, 0.15) is 0 Å². The van der Waals surface area contributed by atoms with E-state index < -0.39 is 11.9 Å². The number of carbonyl (C=O) groups excluding carboxylic acids is 1. The zero-order valence-corrected chi connectivity index (χ0v) is 15.1. The molecule has 0 spiro atoms. The van der Waals surface area contributed by atoms with Crippen LogP contribution in [0, 0.1) is 5.92 Å². The van der Waals surface area contributed by atoms with Gasteiger partial charge >= 0.3 is 12.0 Å². The zero-order chi connectivity index (χ0) is 18.2. The summed E-state index contributed by atoms with van der Waals surface area (Å²) < 4.78 is 0. The van der Waals surface area contributed by atoms with Crippen LogP contribution in [0.3, 0.4) is 0 Å². The molecule has 1 heterocycles. The predicted molar refractivity (Wildman–Crippen MR) is 97.3 cm³/mol. The van der Waals surface area contributed by atoms with Gasteiger partial charge in [-0.15, -0.1) is 0 Å². The van der Waals surface area contributed by atoms with E-state index in [2.05, 4.69) is 34.5 Å². The average molecular weight is 347 g/mol. The molecule has 25 heavy (non-hydrogen) atoms. The smallest absolute Gasteiger partial charge is 0.317 e. The van der Waals surface area contributed by atoms with Crippen LogP contribution in [0.5, 0.6) is 0 Å². The molecule has 2 unspecified atom stereocenters. The van der Waals surface area contributed by atoms with Crippen molar-refractivity contribution in [3.05, 3.63) is 35.9 Å². The second kappa shape index (κ2) is 9.42. The van der Waals surface area contributed by atoms with Gasteiger partial charge in [0.2, 0.25) is 0 Å². The van der Waals surface area contributed by atoms with E-state index in [1.807, 2.05) is 6.07 Å². The Morgan fingerprint density at radius 2 is 2.04 bits per heavy atom. The molecule has 0 aromatic heterocycles. The number of carboxylic acid groups (broad SMARTS) is 1. The number of hydrogen-bond acceptors (Lipinski definition) is 3. The lowest BCUT2D eigenvalue weighted by Crippen LogP contribution is -2.49. The van der Waals surface area contributed by atoms with Crippen molar-refractivity contribution in [1.29, 1.82) is 0 Å². The molecule has 2 amide bonds. The molecule has 1 aromatic carbocycles. The second-order valence-electron chi connectivity index (χ2n) is 6.91. The summed E-state index contributed by atoms with van der Waals surface area (Å²) in [6.45, 7) is 4.35. The number of benzene rings is 1. The molecule has 2 atom stereocenters. The summed E-state index contributed by atoms with van der Waals surface area (Å²) in [5, 5.41) is 11.9. The molecular formula is C19H29N3O3. The van der Waals surface area contributed by atoms with E-state index in [1.165, 1.54) is 23.3 Å². The predicted octanol–water partition coefficient (Wildman–Crippen LogP) is 2.40. The van der Waals surface area contributed by atoms with Crippen LogP contribution >= 0.6 is 0 Å². The van der Waals surface area contributed by atoms with E-state index in [0.29, 0.717) is 12.6 Å². The van der Waals surface area contributed by atoms with Gasteiger partial charge in [0.05, 0.1) is 5.92 Å². The minimum absolute atomic E-state index is 0.208. The summed E-state index contributed by atoms with van der Waals surface area (Å²) in [5.74, 6) is -1.46. The van der Waals surface area contributed by atoms with Gasteiger partial charge in [-0.2, -0.15) is 0 Å². The standard InChI is InChI=1S/C19H29N3O3/c1-15(18(23)24)13-21(2)19(25)20-12-17-10-6-7-11-22(17)14-16-8-4-3-5-9-16/h3-5,8-9,15,17H,6-7,10-14H2,1-2H3,(H,20,25)(H,23,24). The van der Waals surface area contributed by atoms with E-state index in [4.69, 9.17) is 5.11 Å². The quantitative estimate of drug-likeness (QED) is 0.794. The molecule has 0 aliphatic carbocycles. The number of rotatable bonds is 7. The molecule has 0 bridgehead atoms. The highest BCUT2D eigenvalue weighted by molar-refractivity contribution is 5.75. The fourth-order valence-corrected chi connectivity index (χ4v) is 3.23. The molecule has 2 N–H and O–H groups in total. The van der Waals surface area contributed by atoms with Gasteiger partial charge in [-0.25, -0.2) is 4.79 Å². The van der Waals surface area contributed by atoms with Crippen LogP contribution in [-0.2, 0) is 11.3 Å². The monoisotopic (exact) mass is 347 g/mol. The van der Waals surface area contributed by atoms with Crippen LogP contribution in [0.2, 0.25) is 0 Å². The lowest BCUT2D eigenvalue weighted by Gasteiger charge is -2.36. The number of piperidine rings is 1. The minimum atomic E-state index is -0.888. The maximum absolute atomic E-state index is 12.2. The number of nitrogens with zero attached hydrogens (tertiary/aromatic N) is 2. The number of hydrogen-bond donors (Lipinski definition) is 2.